The van der Waals surface area contributed by atoms with Gasteiger partial charge in [-0.25, -0.2) is 0 Å². The van der Waals surface area contributed by atoms with Gasteiger partial charge in [0.05, 0.1) is 7.11 Å². The summed E-state index contributed by atoms with van der Waals surface area (Å²) in [5.41, 5.74) is 1.69. The van der Waals surface area contributed by atoms with Crippen LogP contribution in [0.1, 0.15) is 12.8 Å². The summed E-state index contributed by atoms with van der Waals surface area (Å²) in [5.74, 6) is 2.40. The first-order chi connectivity index (χ1) is 13.7. The minimum atomic E-state index is 0.468. The lowest BCUT2D eigenvalue weighted by Crippen LogP contribution is -2.21. The highest BCUT2D eigenvalue weighted by atomic mass is 35.5. The number of hydrogen-bond acceptors (Lipinski definition) is 7. The number of hydrogen-bond donors (Lipinski definition) is 2. The van der Waals surface area contributed by atoms with Gasteiger partial charge in [0.2, 0.25) is 17.8 Å². The number of rotatable bonds is 6. The van der Waals surface area contributed by atoms with Crippen molar-refractivity contribution < 1.29 is 4.74 Å². The Balaban J connectivity index is 1.62. The molecule has 1 saturated heterocycles. The topological polar surface area (TPSA) is 75.2 Å². The summed E-state index contributed by atoms with van der Waals surface area (Å²) >= 11 is 6.09. The van der Waals surface area contributed by atoms with E-state index in [1.165, 1.54) is 0 Å². The van der Waals surface area contributed by atoms with E-state index in [-0.39, 0.29) is 0 Å². The van der Waals surface area contributed by atoms with Crippen LogP contribution in [-0.4, -0.2) is 35.2 Å². The number of methoxy groups -OCH3 is 1. The van der Waals surface area contributed by atoms with Gasteiger partial charge in [-0.1, -0.05) is 17.7 Å². The number of benzene rings is 2. The molecule has 2 aromatic carbocycles. The Labute approximate surface area is 168 Å². The van der Waals surface area contributed by atoms with Crippen LogP contribution < -0.4 is 20.3 Å². The number of aromatic nitrogens is 3. The van der Waals surface area contributed by atoms with Crippen LogP contribution in [0.4, 0.5) is 29.2 Å². The van der Waals surface area contributed by atoms with Gasteiger partial charge in [-0.2, -0.15) is 15.0 Å². The lowest BCUT2D eigenvalue weighted by molar-refractivity contribution is 0.415. The fraction of sp³-hybridized carbons (Fsp3) is 0.250. The van der Waals surface area contributed by atoms with Crippen LogP contribution in [0.15, 0.2) is 48.5 Å². The third kappa shape index (κ3) is 4.43. The predicted octanol–water partition coefficient (Wildman–Crippen LogP) is 4.62. The summed E-state index contributed by atoms with van der Waals surface area (Å²) in [4.78, 5) is 15.9. The van der Waals surface area contributed by atoms with E-state index in [4.69, 9.17) is 16.3 Å². The van der Waals surface area contributed by atoms with Crippen molar-refractivity contribution in [3.05, 3.63) is 53.6 Å². The summed E-state index contributed by atoms with van der Waals surface area (Å²) in [6.07, 6.45) is 2.29. The van der Waals surface area contributed by atoms with E-state index in [9.17, 15) is 0 Å². The maximum atomic E-state index is 6.09. The molecular formula is C20H21ClN6O. The normalized spacial score (nSPS) is 13.4. The van der Waals surface area contributed by atoms with Gasteiger partial charge in [0.15, 0.2) is 0 Å². The second kappa shape index (κ2) is 8.31. The van der Waals surface area contributed by atoms with Crippen molar-refractivity contribution in [3.63, 3.8) is 0 Å². The van der Waals surface area contributed by atoms with E-state index in [2.05, 4.69) is 30.5 Å². The van der Waals surface area contributed by atoms with Crippen molar-refractivity contribution in [3.8, 4) is 5.75 Å². The Kier molecular flexibility index (Phi) is 5.43. The largest absolute Gasteiger partial charge is 0.497 e. The molecule has 2 heterocycles. The molecule has 0 bridgehead atoms. The third-order valence-corrected chi connectivity index (χ3v) is 4.67. The SMILES string of the molecule is COc1ccc(Nc2nc(Nc3cccc(Cl)c3)nc(N3CCCC3)n2)cc1. The van der Waals surface area contributed by atoms with Crippen LogP contribution in [0, 0.1) is 0 Å². The molecule has 1 aromatic heterocycles. The molecule has 3 aromatic rings. The van der Waals surface area contributed by atoms with Crippen LogP contribution in [0.2, 0.25) is 5.02 Å². The lowest BCUT2D eigenvalue weighted by Gasteiger charge is -2.17. The second-order valence-corrected chi connectivity index (χ2v) is 6.90. The quantitative estimate of drug-likeness (QED) is 0.629. The van der Waals surface area contributed by atoms with Crippen molar-refractivity contribution in [2.45, 2.75) is 12.8 Å². The third-order valence-electron chi connectivity index (χ3n) is 4.44. The molecule has 0 saturated carbocycles. The minimum absolute atomic E-state index is 0.468. The highest BCUT2D eigenvalue weighted by molar-refractivity contribution is 6.30. The molecule has 28 heavy (non-hydrogen) atoms. The average Bonchev–Trinajstić information content (AvgIpc) is 3.23. The number of nitrogens with one attached hydrogen (secondary N) is 2. The molecule has 0 unspecified atom stereocenters. The molecule has 0 radical (unpaired) electrons. The van der Waals surface area contributed by atoms with Gasteiger partial charge in [-0.05, 0) is 55.3 Å². The van der Waals surface area contributed by atoms with Gasteiger partial charge in [-0.15, -0.1) is 0 Å². The first-order valence-electron chi connectivity index (χ1n) is 9.14. The number of nitrogens with zero attached hydrogens (tertiary/aromatic N) is 4. The smallest absolute Gasteiger partial charge is 0.233 e. The Morgan fingerprint density at radius 2 is 1.57 bits per heavy atom. The standard InChI is InChI=1S/C20H21ClN6O/c1-28-17-9-7-15(8-10-17)22-18-24-19(23-16-6-4-5-14(21)13-16)26-20(25-18)27-11-2-3-12-27/h4-10,13H,2-3,11-12H2,1H3,(H2,22,23,24,25,26). The van der Waals surface area contributed by atoms with E-state index >= 15 is 0 Å². The van der Waals surface area contributed by atoms with Gasteiger partial charge >= 0.3 is 0 Å². The van der Waals surface area contributed by atoms with E-state index < -0.39 is 0 Å². The maximum absolute atomic E-state index is 6.09. The van der Waals surface area contributed by atoms with E-state index in [0.717, 1.165) is 43.1 Å². The Morgan fingerprint density at radius 1 is 0.893 bits per heavy atom. The molecule has 1 aliphatic rings. The van der Waals surface area contributed by atoms with E-state index in [0.29, 0.717) is 22.9 Å². The molecule has 0 amide bonds. The molecule has 0 spiro atoms. The molecule has 4 rings (SSSR count). The van der Waals surface area contributed by atoms with Crippen molar-refractivity contribution in [1.82, 2.24) is 15.0 Å². The number of halogens is 1. The molecule has 2 N–H and O–H groups in total. The zero-order chi connectivity index (χ0) is 19.3. The first-order valence-corrected chi connectivity index (χ1v) is 9.52. The molecule has 7 nitrogen and oxygen atoms in total. The molecule has 144 valence electrons. The molecular weight excluding hydrogens is 376 g/mol. The zero-order valence-corrected chi connectivity index (χ0v) is 16.3. The van der Waals surface area contributed by atoms with Gasteiger partial charge in [0.1, 0.15) is 5.75 Å². The molecule has 0 atom stereocenters. The highest BCUT2D eigenvalue weighted by Gasteiger charge is 2.17. The lowest BCUT2D eigenvalue weighted by atomic mass is 10.3. The molecule has 8 heteroatoms. The fourth-order valence-electron chi connectivity index (χ4n) is 3.03. The van der Waals surface area contributed by atoms with Gasteiger partial charge in [0.25, 0.3) is 0 Å². The first kappa shape index (κ1) is 18.3. The average molecular weight is 397 g/mol. The van der Waals surface area contributed by atoms with Crippen molar-refractivity contribution >= 4 is 40.8 Å². The van der Waals surface area contributed by atoms with Crippen molar-refractivity contribution in [2.75, 3.05) is 35.7 Å². The minimum Gasteiger partial charge on any atom is -0.497 e. The summed E-state index contributed by atoms with van der Waals surface area (Å²) in [7, 11) is 1.64. The number of ether oxygens (including phenoxy) is 1. The van der Waals surface area contributed by atoms with E-state index in [1.807, 2.05) is 48.5 Å². The number of anilines is 5. The summed E-state index contributed by atoms with van der Waals surface area (Å²) in [6.45, 7) is 1.89. The Bertz CT molecular complexity index is 944. The summed E-state index contributed by atoms with van der Waals surface area (Å²) in [6, 6.07) is 15.1. The Hall–Kier alpha value is -3.06. The van der Waals surface area contributed by atoms with Crippen molar-refractivity contribution in [1.29, 1.82) is 0 Å². The monoisotopic (exact) mass is 396 g/mol. The van der Waals surface area contributed by atoms with Crippen LogP contribution in [0.25, 0.3) is 0 Å². The van der Waals surface area contributed by atoms with Gasteiger partial charge < -0.3 is 20.3 Å². The second-order valence-electron chi connectivity index (χ2n) is 6.47. The van der Waals surface area contributed by atoms with Crippen LogP contribution in [0.3, 0.4) is 0 Å². The Morgan fingerprint density at radius 3 is 2.21 bits per heavy atom. The molecule has 0 aliphatic carbocycles. The van der Waals surface area contributed by atoms with Crippen molar-refractivity contribution in [2.24, 2.45) is 0 Å². The summed E-state index contributed by atoms with van der Waals surface area (Å²) < 4.78 is 5.20. The van der Waals surface area contributed by atoms with Crippen LogP contribution in [0.5, 0.6) is 5.75 Å². The van der Waals surface area contributed by atoms with E-state index in [1.54, 1.807) is 7.11 Å². The van der Waals surface area contributed by atoms with Gasteiger partial charge in [-0.3, -0.25) is 0 Å². The van der Waals surface area contributed by atoms with Gasteiger partial charge in [0, 0.05) is 29.5 Å². The highest BCUT2D eigenvalue weighted by Crippen LogP contribution is 2.24. The maximum Gasteiger partial charge on any atom is 0.233 e. The fourth-order valence-corrected chi connectivity index (χ4v) is 3.22. The molecule has 1 aliphatic heterocycles. The van der Waals surface area contributed by atoms with Crippen LogP contribution in [-0.2, 0) is 0 Å². The summed E-state index contributed by atoms with van der Waals surface area (Å²) in [5, 5.41) is 7.11. The van der Waals surface area contributed by atoms with Crippen LogP contribution >= 0.6 is 11.6 Å². The zero-order valence-electron chi connectivity index (χ0n) is 15.5. The predicted molar refractivity (Wildman–Crippen MR) is 112 cm³/mol. The molecule has 1 fully saturated rings.